The molecule has 0 heterocycles. The van der Waals surface area contributed by atoms with Gasteiger partial charge in [-0.3, -0.25) is 0 Å². The molecule has 5 aromatic carbocycles. The number of fused-ring (bicyclic) bond motifs is 1. The molecule has 0 fully saturated rings. The Balaban J connectivity index is 1.85. The average Bonchev–Trinajstić information content (AvgIpc) is 3.23. The zero-order chi connectivity index (χ0) is 22.5. The van der Waals surface area contributed by atoms with E-state index in [0.717, 1.165) is 6.42 Å². The van der Waals surface area contributed by atoms with Crippen molar-refractivity contribution >= 4 is 43.1 Å². The van der Waals surface area contributed by atoms with Gasteiger partial charge in [0.05, 0.1) is 0 Å². The van der Waals surface area contributed by atoms with Crippen LogP contribution in [0, 0.1) is 41.5 Å². The molecular formula is C33H32. The van der Waals surface area contributed by atoms with Crippen LogP contribution in [0.3, 0.4) is 0 Å². The molecule has 3 aliphatic carbocycles. The van der Waals surface area contributed by atoms with E-state index in [1.807, 2.05) is 0 Å². The summed E-state index contributed by atoms with van der Waals surface area (Å²) < 4.78 is 0. The minimum atomic E-state index is 1.15. The van der Waals surface area contributed by atoms with Crippen molar-refractivity contribution in [3.05, 3.63) is 66.8 Å². The second-order valence-corrected chi connectivity index (χ2v) is 11.5. The number of rotatable bonds is 0. The lowest BCUT2D eigenvalue weighted by molar-refractivity contribution is 0.796. The van der Waals surface area contributed by atoms with Gasteiger partial charge in [0.25, 0.3) is 0 Å². The second-order valence-electron chi connectivity index (χ2n) is 11.5. The van der Waals surface area contributed by atoms with Crippen molar-refractivity contribution in [2.45, 2.75) is 86.5 Å². The van der Waals surface area contributed by atoms with Crippen molar-refractivity contribution in [3.63, 3.8) is 0 Å². The van der Waals surface area contributed by atoms with Gasteiger partial charge in [-0.05, 0) is 196 Å². The number of hydrogen-bond acceptors (Lipinski definition) is 0. The Morgan fingerprint density at radius 3 is 1.06 bits per heavy atom. The molecule has 0 heteroatoms. The molecule has 3 aliphatic rings. The fourth-order valence-corrected chi connectivity index (χ4v) is 8.64. The molecule has 0 aromatic heterocycles. The normalized spacial score (nSPS) is 16.5. The number of benzene rings is 5. The third kappa shape index (κ3) is 1.84. The molecule has 0 saturated heterocycles. The molecule has 0 radical (unpaired) electrons. The van der Waals surface area contributed by atoms with E-state index in [1.165, 1.54) is 38.5 Å². The first kappa shape index (κ1) is 18.8. The van der Waals surface area contributed by atoms with Gasteiger partial charge >= 0.3 is 0 Å². The summed E-state index contributed by atoms with van der Waals surface area (Å²) in [6.45, 7) is 14.6. The van der Waals surface area contributed by atoms with E-state index in [-0.39, 0.29) is 0 Å². The maximum atomic E-state index is 2.45. The lowest BCUT2D eigenvalue weighted by Gasteiger charge is -2.30. The Kier molecular flexibility index (Phi) is 3.25. The molecule has 5 aromatic rings. The van der Waals surface area contributed by atoms with Gasteiger partial charge in [-0.1, -0.05) is 0 Å². The van der Waals surface area contributed by atoms with Crippen molar-refractivity contribution in [1.29, 1.82) is 0 Å². The van der Waals surface area contributed by atoms with E-state index in [0.29, 0.717) is 0 Å². The Morgan fingerprint density at radius 1 is 0.303 bits per heavy atom. The minimum absolute atomic E-state index is 1.15. The topological polar surface area (TPSA) is 0 Å². The summed E-state index contributed by atoms with van der Waals surface area (Å²) in [7, 11) is 0. The van der Waals surface area contributed by atoms with Gasteiger partial charge in [-0.25, -0.2) is 0 Å². The summed E-state index contributed by atoms with van der Waals surface area (Å²) in [6.07, 6.45) is 8.77. The zero-order valence-corrected chi connectivity index (χ0v) is 20.9. The lowest BCUT2D eigenvalue weighted by atomic mass is 9.73. The van der Waals surface area contributed by atoms with E-state index >= 15 is 0 Å². The first-order chi connectivity index (χ1) is 15.9. The predicted octanol–water partition coefficient (Wildman–Crippen LogP) is 8.47. The van der Waals surface area contributed by atoms with Crippen LogP contribution < -0.4 is 0 Å². The third-order valence-electron chi connectivity index (χ3n) is 10.5. The molecule has 0 bridgehead atoms. The van der Waals surface area contributed by atoms with Crippen molar-refractivity contribution in [1.82, 2.24) is 0 Å². The summed E-state index contributed by atoms with van der Waals surface area (Å²) in [5.74, 6) is 0. The van der Waals surface area contributed by atoms with Gasteiger partial charge in [0.15, 0.2) is 0 Å². The number of hydrogen-bond donors (Lipinski definition) is 0. The molecule has 0 saturated carbocycles. The first-order valence-corrected chi connectivity index (χ1v) is 13.1. The van der Waals surface area contributed by atoms with Crippen LogP contribution in [-0.4, -0.2) is 0 Å². The molecule has 0 aliphatic heterocycles. The summed E-state index contributed by atoms with van der Waals surface area (Å²) in [5, 5.41) is 13.0. The maximum absolute atomic E-state index is 2.45. The third-order valence-corrected chi connectivity index (χ3v) is 10.5. The van der Waals surface area contributed by atoms with Crippen molar-refractivity contribution in [2.24, 2.45) is 0 Å². The number of aryl methyl sites for hydroxylation is 6. The molecule has 0 atom stereocenters. The highest BCUT2D eigenvalue weighted by atomic mass is 14.4. The van der Waals surface area contributed by atoms with Crippen LogP contribution in [0.1, 0.15) is 79.6 Å². The monoisotopic (exact) mass is 428 g/mol. The lowest BCUT2D eigenvalue weighted by Crippen LogP contribution is -2.11. The van der Waals surface area contributed by atoms with Gasteiger partial charge in [0.1, 0.15) is 0 Å². The summed E-state index contributed by atoms with van der Waals surface area (Å²) in [6, 6.07) is 0. The SMILES string of the molecule is Cc1c2c3c(c(C)c4c5c6c(c(C)c7c8c(c(C)c(C)c(c(c1C)c35)c86)CCC7)C4)CCC2. The van der Waals surface area contributed by atoms with E-state index in [1.54, 1.807) is 110 Å². The van der Waals surface area contributed by atoms with Crippen LogP contribution in [-0.2, 0) is 32.1 Å². The Bertz CT molecular complexity index is 1620. The van der Waals surface area contributed by atoms with E-state index in [2.05, 4.69) is 41.5 Å². The van der Waals surface area contributed by atoms with Gasteiger partial charge in [0, 0.05) is 0 Å². The molecule has 0 unspecified atom stereocenters. The smallest absolute Gasteiger partial charge is 0.000752 e. The molecule has 8 rings (SSSR count). The van der Waals surface area contributed by atoms with Crippen LogP contribution in [0.15, 0.2) is 0 Å². The largest absolute Gasteiger partial charge is 0.0451 e. The molecule has 33 heavy (non-hydrogen) atoms. The van der Waals surface area contributed by atoms with Crippen molar-refractivity contribution in [2.75, 3.05) is 0 Å². The van der Waals surface area contributed by atoms with Gasteiger partial charge in [0.2, 0.25) is 0 Å². The van der Waals surface area contributed by atoms with Crippen LogP contribution >= 0.6 is 0 Å². The molecule has 0 nitrogen and oxygen atoms in total. The van der Waals surface area contributed by atoms with Crippen molar-refractivity contribution in [3.8, 4) is 0 Å². The van der Waals surface area contributed by atoms with Crippen LogP contribution in [0.2, 0.25) is 0 Å². The Hall–Kier alpha value is -2.60. The van der Waals surface area contributed by atoms with E-state index < -0.39 is 0 Å². The molecular weight excluding hydrogens is 396 g/mol. The Labute approximate surface area is 196 Å². The van der Waals surface area contributed by atoms with Gasteiger partial charge in [-0.15, -0.1) is 0 Å². The van der Waals surface area contributed by atoms with Crippen LogP contribution in [0.25, 0.3) is 43.1 Å². The molecule has 0 N–H and O–H groups in total. The zero-order valence-electron chi connectivity index (χ0n) is 20.9. The van der Waals surface area contributed by atoms with E-state index in [9.17, 15) is 0 Å². The predicted molar refractivity (Wildman–Crippen MR) is 143 cm³/mol. The van der Waals surface area contributed by atoms with Crippen molar-refractivity contribution < 1.29 is 0 Å². The summed E-state index contributed by atoms with van der Waals surface area (Å²) in [5.41, 5.74) is 19.4. The second kappa shape index (κ2) is 5.72. The molecule has 0 spiro atoms. The highest BCUT2D eigenvalue weighted by molar-refractivity contribution is 6.38. The summed E-state index contributed by atoms with van der Waals surface area (Å²) in [4.78, 5) is 0. The average molecular weight is 429 g/mol. The van der Waals surface area contributed by atoms with Crippen LogP contribution in [0.5, 0.6) is 0 Å². The maximum Gasteiger partial charge on any atom is -0.000752 e. The fourth-order valence-electron chi connectivity index (χ4n) is 8.64. The first-order valence-electron chi connectivity index (χ1n) is 13.1. The van der Waals surface area contributed by atoms with Crippen LogP contribution in [0.4, 0.5) is 0 Å². The Morgan fingerprint density at radius 2 is 0.667 bits per heavy atom. The highest BCUT2D eigenvalue weighted by Gasteiger charge is 2.34. The summed E-state index contributed by atoms with van der Waals surface area (Å²) >= 11 is 0. The quantitative estimate of drug-likeness (QED) is 0.168. The molecule has 164 valence electrons. The highest BCUT2D eigenvalue weighted by Crippen LogP contribution is 2.56. The van der Waals surface area contributed by atoms with Gasteiger partial charge in [-0.2, -0.15) is 0 Å². The van der Waals surface area contributed by atoms with Gasteiger partial charge < -0.3 is 0 Å². The van der Waals surface area contributed by atoms with E-state index in [4.69, 9.17) is 0 Å². The molecule has 0 amide bonds. The standard InChI is InChI=1S/C33H32/c1-14-16(3)26-27-17(4)15(2)21-10-8-12-23-19(6)25-13-24-18(5)22-11-7-9-20(14)28(22)32(26)30(24)31(25)33(27)29(21)23/h7-13H2,1-6H3. The minimum Gasteiger partial charge on any atom is -0.0451 e. The fraction of sp³-hybridized carbons (Fsp3) is 0.394.